The summed E-state index contributed by atoms with van der Waals surface area (Å²) in [6.07, 6.45) is 2.87. The van der Waals surface area contributed by atoms with E-state index in [2.05, 4.69) is 39.5 Å². The van der Waals surface area contributed by atoms with Crippen molar-refractivity contribution in [1.82, 2.24) is 4.90 Å². The third-order valence-corrected chi connectivity index (χ3v) is 5.99. The number of rotatable bonds is 7. The van der Waals surface area contributed by atoms with Gasteiger partial charge in [-0.05, 0) is 60.1 Å². The molecule has 0 radical (unpaired) electrons. The molecule has 1 heterocycles. The van der Waals surface area contributed by atoms with E-state index in [1.807, 2.05) is 36.1 Å². The van der Waals surface area contributed by atoms with E-state index in [0.717, 1.165) is 53.7 Å². The maximum atomic E-state index is 13.3. The van der Waals surface area contributed by atoms with E-state index in [1.54, 1.807) is 7.11 Å². The van der Waals surface area contributed by atoms with Crippen LogP contribution in [0.1, 0.15) is 58.4 Å². The zero-order valence-electron chi connectivity index (χ0n) is 19.0. The highest BCUT2D eigenvalue weighted by atomic mass is 16.5. The molecule has 0 bridgehead atoms. The number of nitrogens with zero attached hydrogens (tertiary/aromatic N) is 1. The first-order valence-corrected chi connectivity index (χ1v) is 10.9. The molecule has 0 aliphatic carbocycles. The molecule has 1 fully saturated rings. The topological polar surface area (TPSA) is 38.8 Å². The summed E-state index contributed by atoms with van der Waals surface area (Å²) < 4.78 is 11.3. The van der Waals surface area contributed by atoms with Gasteiger partial charge in [0.25, 0.3) is 0 Å². The smallest absolute Gasteiger partial charge is 0.230 e. The van der Waals surface area contributed by atoms with Crippen LogP contribution in [0.4, 0.5) is 0 Å². The third kappa shape index (κ3) is 5.16. The van der Waals surface area contributed by atoms with Crippen LogP contribution in [0.3, 0.4) is 0 Å². The van der Waals surface area contributed by atoms with Gasteiger partial charge in [0.1, 0.15) is 11.5 Å². The number of benzene rings is 2. The molecule has 2 aromatic rings. The second-order valence-electron chi connectivity index (χ2n) is 9.51. The lowest BCUT2D eigenvalue weighted by Gasteiger charge is -2.29. The molecule has 0 N–H and O–H groups in total. The Morgan fingerprint density at radius 2 is 1.90 bits per heavy atom. The van der Waals surface area contributed by atoms with Crippen molar-refractivity contribution in [2.75, 3.05) is 20.3 Å². The van der Waals surface area contributed by atoms with Crippen molar-refractivity contribution >= 4 is 16.7 Å². The van der Waals surface area contributed by atoms with Crippen molar-refractivity contribution in [3.8, 4) is 5.75 Å². The third-order valence-electron chi connectivity index (χ3n) is 5.99. The van der Waals surface area contributed by atoms with E-state index >= 15 is 0 Å². The van der Waals surface area contributed by atoms with Gasteiger partial charge in [-0.2, -0.15) is 0 Å². The standard InChI is InChI=1S/C26H35NO3/c1-18(20-9-10-22-17-23(29-6)12-11-21(22)16-20)25(28)27-14-7-8-24(27)19(2)30-15-13-26(3,4)5/h9-12,16-18,24H,2,7-8,13-15H2,1,3-6H3/t18-,24-/m0/s1. The maximum absolute atomic E-state index is 13.3. The van der Waals surface area contributed by atoms with Gasteiger partial charge in [0, 0.05) is 6.54 Å². The summed E-state index contributed by atoms with van der Waals surface area (Å²) in [6, 6.07) is 12.2. The Kier molecular flexibility index (Phi) is 6.74. The van der Waals surface area contributed by atoms with Gasteiger partial charge in [-0.25, -0.2) is 0 Å². The molecule has 0 unspecified atom stereocenters. The number of hydrogen-bond donors (Lipinski definition) is 0. The normalized spacial score (nSPS) is 17.8. The molecule has 4 heteroatoms. The summed E-state index contributed by atoms with van der Waals surface area (Å²) >= 11 is 0. The van der Waals surface area contributed by atoms with Gasteiger partial charge >= 0.3 is 0 Å². The van der Waals surface area contributed by atoms with E-state index < -0.39 is 0 Å². The highest BCUT2D eigenvalue weighted by molar-refractivity contribution is 5.88. The summed E-state index contributed by atoms with van der Waals surface area (Å²) in [5.41, 5.74) is 1.25. The number of fused-ring (bicyclic) bond motifs is 1. The van der Waals surface area contributed by atoms with E-state index in [9.17, 15) is 4.79 Å². The molecule has 0 aromatic heterocycles. The Balaban J connectivity index is 1.69. The number of methoxy groups -OCH3 is 1. The Bertz CT molecular complexity index is 912. The molecule has 0 spiro atoms. The summed E-state index contributed by atoms with van der Waals surface area (Å²) in [7, 11) is 1.67. The quantitative estimate of drug-likeness (QED) is 0.534. The van der Waals surface area contributed by atoms with Crippen molar-refractivity contribution in [3.05, 3.63) is 54.3 Å². The van der Waals surface area contributed by atoms with Gasteiger partial charge in [0.05, 0.1) is 25.7 Å². The number of amides is 1. The Morgan fingerprint density at radius 3 is 2.60 bits per heavy atom. The fraction of sp³-hybridized carbons (Fsp3) is 0.500. The maximum Gasteiger partial charge on any atom is 0.230 e. The Labute approximate surface area is 180 Å². The fourth-order valence-electron chi connectivity index (χ4n) is 3.98. The van der Waals surface area contributed by atoms with Crippen LogP contribution >= 0.6 is 0 Å². The number of likely N-dealkylation sites (tertiary alicyclic amines) is 1. The summed E-state index contributed by atoms with van der Waals surface area (Å²) in [6.45, 7) is 14.2. The monoisotopic (exact) mass is 409 g/mol. The van der Waals surface area contributed by atoms with Gasteiger partial charge in [-0.1, -0.05) is 51.6 Å². The van der Waals surface area contributed by atoms with E-state index in [-0.39, 0.29) is 23.3 Å². The van der Waals surface area contributed by atoms with Crippen molar-refractivity contribution < 1.29 is 14.3 Å². The van der Waals surface area contributed by atoms with Gasteiger partial charge in [0.15, 0.2) is 0 Å². The van der Waals surface area contributed by atoms with Crippen molar-refractivity contribution in [3.63, 3.8) is 0 Å². The second kappa shape index (κ2) is 9.11. The molecule has 30 heavy (non-hydrogen) atoms. The molecule has 0 saturated carbocycles. The minimum absolute atomic E-state index is 0.0235. The van der Waals surface area contributed by atoms with Gasteiger partial charge in [-0.15, -0.1) is 0 Å². The molecular formula is C26H35NO3. The molecular weight excluding hydrogens is 374 g/mol. The number of ether oxygens (including phenoxy) is 2. The predicted molar refractivity (Wildman–Crippen MR) is 123 cm³/mol. The van der Waals surface area contributed by atoms with Crippen molar-refractivity contribution in [2.45, 2.75) is 58.9 Å². The molecule has 3 rings (SSSR count). The average molecular weight is 410 g/mol. The van der Waals surface area contributed by atoms with Gasteiger partial charge in [-0.3, -0.25) is 4.79 Å². The fourth-order valence-corrected chi connectivity index (χ4v) is 3.98. The number of hydrogen-bond acceptors (Lipinski definition) is 3. The average Bonchev–Trinajstić information content (AvgIpc) is 3.20. The van der Waals surface area contributed by atoms with Crippen LogP contribution in [0, 0.1) is 5.41 Å². The Morgan fingerprint density at radius 1 is 1.20 bits per heavy atom. The molecule has 162 valence electrons. The van der Waals surface area contributed by atoms with Crippen LogP contribution in [-0.2, 0) is 9.53 Å². The minimum atomic E-state index is -0.209. The SMILES string of the molecule is C=C(OCCC(C)(C)C)[C@@H]1CCCN1C(=O)[C@@H](C)c1ccc2cc(OC)ccc2c1. The molecule has 1 aliphatic heterocycles. The molecule has 1 amide bonds. The molecule has 4 nitrogen and oxygen atoms in total. The second-order valence-corrected chi connectivity index (χ2v) is 9.51. The van der Waals surface area contributed by atoms with Crippen molar-refractivity contribution in [1.29, 1.82) is 0 Å². The van der Waals surface area contributed by atoms with E-state index in [0.29, 0.717) is 6.61 Å². The highest BCUT2D eigenvalue weighted by Gasteiger charge is 2.34. The van der Waals surface area contributed by atoms with Crippen LogP contribution in [0.2, 0.25) is 0 Å². The first kappa shape index (κ1) is 22.2. The number of carbonyl (C=O) groups excluding carboxylic acids is 1. The van der Waals surface area contributed by atoms with Crippen LogP contribution in [-0.4, -0.2) is 37.1 Å². The minimum Gasteiger partial charge on any atom is -0.497 e. The van der Waals surface area contributed by atoms with Crippen LogP contribution < -0.4 is 4.74 Å². The van der Waals surface area contributed by atoms with Crippen LogP contribution in [0.25, 0.3) is 10.8 Å². The first-order valence-electron chi connectivity index (χ1n) is 10.9. The van der Waals surface area contributed by atoms with E-state index in [1.165, 1.54) is 0 Å². The predicted octanol–water partition coefficient (Wildman–Crippen LogP) is 5.91. The lowest BCUT2D eigenvalue weighted by molar-refractivity contribution is -0.133. The van der Waals surface area contributed by atoms with Crippen LogP contribution in [0.5, 0.6) is 5.75 Å². The summed E-state index contributed by atoms with van der Waals surface area (Å²) in [5.74, 6) is 1.50. The highest BCUT2D eigenvalue weighted by Crippen LogP contribution is 2.31. The molecule has 1 saturated heterocycles. The summed E-state index contributed by atoms with van der Waals surface area (Å²) in [5, 5.41) is 2.22. The first-order chi connectivity index (χ1) is 14.2. The molecule has 2 atom stereocenters. The number of carbonyl (C=O) groups is 1. The lowest BCUT2D eigenvalue weighted by Crippen LogP contribution is -2.39. The van der Waals surface area contributed by atoms with Crippen LogP contribution in [0.15, 0.2) is 48.7 Å². The Hall–Kier alpha value is -2.49. The molecule has 1 aliphatic rings. The lowest BCUT2D eigenvalue weighted by atomic mass is 9.93. The van der Waals surface area contributed by atoms with Gasteiger partial charge < -0.3 is 14.4 Å². The zero-order valence-corrected chi connectivity index (χ0v) is 19.0. The molecule has 2 aromatic carbocycles. The summed E-state index contributed by atoms with van der Waals surface area (Å²) in [4.78, 5) is 15.3. The zero-order chi connectivity index (χ0) is 21.9. The largest absolute Gasteiger partial charge is 0.497 e. The van der Waals surface area contributed by atoms with Gasteiger partial charge in [0.2, 0.25) is 5.91 Å². The van der Waals surface area contributed by atoms with Crippen molar-refractivity contribution in [2.24, 2.45) is 5.41 Å². The van der Waals surface area contributed by atoms with E-state index in [4.69, 9.17) is 9.47 Å².